The number of fused-ring (bicyclic) bond motifs is 1. The molecule has 1 aliphatic heterocycles. The predicted octanol–water partition coefficient (Wildman–Crippen LogP) is 6.00. The lowest BCUT2D eigenvalue weighted by Crippen LogP contribution is -2.35. The van der Waals surface area contributed by atoms with Gasteiger partial charge in [0.15, 0.2) is 11.6 Å². The molecule has 188 valence electrons. The number of nitrogens with one attached hydrogen (secondary N) is 2. The Morgan fingerprint density at radius 2 is 2.08 bits per heavy atom. The van der Waals surface area contributed by atoms with Crippen molar-refractivity contribution in [2.45, 2.75) is 44.9 Å². The smallest absolute Gasteiger partial charge is 0.182 e. The summed E-state index contributed by atoms with van der Waals surface area (Å²) < 4.78 is 25.8. The van der Waals surface area contributed by atoms with Gasteiger partial charge in [-0.15, -0.1) is 0 Å². The molecule has 2 aliphatic rings. The molecule has 1 saturated heterocycles. The predicted molar refractivity (Wildman–Crippen MR) is 141 cm³/mol. The molecule has 0 amide bonds. The molecule has 1 unspecified atom stereocenters. The molecule has 2 N–H and O–H groups in total. The third-order valence-electron chi connectivity index (χ3n) is 7.52. The second-order valence-electron chi connectivity index (χ2n) is 9.79. The Balaban J connectivity index is 1.39. The third kappa shape index (κ3) is 5.12. The van der Waals surface area contributed by atoms with E-state index in [2.05, 4.69) is 21.1 Å². The Labute approximate surface area is 215 Å². The minimum atomic E-state index is -0.593. The van der Waals surface area contributed by atoms with Crippen LogP contribution in [0.25, 0.3) is 11.0 Å². The van der Waals surface area contributed by atoms with E-state index in [4.69, 9.17) is 9.72 Å². The van der Waals surface area contributed by atoms with Crippen LogP contribution >= 0.6 is 12.1 Å². The Bertz CT molecular complexity index is 1290. The monoisotopic (exact) mass is 506 g/mol. The number of benzene rings is 2. The standard InChI is InChI=1S/C27H31FN6OS/c1-3-34(2)36-33-22-7-5-21(28)26(20(22)16-29)35-19-4-6-23-24(14-19)32-25(17-31-23)18-8-9-27(15-18)10-12-30-13-11-27/h4-7,14,17-18,30,33H,3,8-13,15H2,1-2H3. The van der Waals surface area contributed by atoms with Gasteiger partial charge in [-0.1, -0.05) is 6.92 Å². The average molecular weight is 507 g/mol. The number of hydrogen-bond acceptors (Lipinski definition) is 8. The molecular formula is C27H31FN6OS. The van der Waals surface area contributed by atoms with Crippen LogP contribution in [0.2, 0.25) is 0 Å². The van der Waals surface area contributed by atoms with Gasteiger partial charge in [0, 0.05) is 36.9 Å². The van der Waals surface area contributed by atoms with Crippen molar-refractivity contribution in [2.24, 2.45) is 5.41 Å². The number of aromatic nitrogens is 2. The molecule has 5 rings (SSSR count). The zero-order valence-electron chi connectivity index (χ0n) is 20.7. The van der Waals surface area contributed by atoms with Gasteiger partial charge in [-0.2, -0.15) is 5.26 Å². The minimum absolute atomic E-state index is 0.102. The van der Waals surface area contributed by atoms with Crippen molar-refractivity contribution in [3.8, 4) is 17.6 Å². The largest absolute Gasteiger partial charge is 0.453 e. The lowest BCUT2D eigenvalue weighted by atomic mass is 9.77. The molecule has 0 radical (unpaired) electrons. The molecule has 36 heavy (non-hydrogen) atoms. The first kappa shape index (κ1) is 24.8. The molecule has 2 heterocycles. The average Bonchev–Trinajstić information content (AvgIpc) is 3.31. The number of piperidine rings is 1. The summed E-state index contributed by atoms with van der Waals surface area (Å²) in [6, 6.07) is 10.3. The van der Waals surface area contributed by atoms with Crippen LogP contribution < -0.4 is 14.8 Å². The topological polar surface area (TPSA) is 86.1 Å². The van der Waals surface area contributed by atoms with Gasteiger partial charge in [0.2, 0.25) is 0 Å². The fourth-order valence-corrected chi connectivity index (χ4v) is 5.85. The highest BCUT2D eigenvalue weighted by molar-refractivity contribution is 7.98. The van der Waals surface area contributed by atoms with Gasteiger partial charge in [-0.25, -0.2) is 13.7 Å². The van der Waals surface area contributed by atoms with Crippen LogP contribution in [-0.4, -0.2) is 41.0 Å². The Morgan fingerprint density at radius 3 is 2.86 bits per heavy atom. The van der Waals surface area contributed by atoms with E-state index in [1.807, 2.05) is 30.5 Å². The van der Waals surface area contributed by atoms with Crippen molar-refractivity contribution in [3.05, 3.63) is 53.6 Å². The highest BCUT2D eigenvalue weighted by atomic mass is 32.2. The number of halogens is 1. The van der Waals surface area contributed by atoms with Gasteiger partial charge in [-0.05, 0) is 81.9 Å². The van der Waals surface area contributed by atoms with Gasteiger partial charge in [-0.3, -0.25) is 4.98 Å². The van der Waals surface area contributed by atoms with Gasteiger partial charge in [0.25, 0.3) is 0 Å². The molecule has 2 aromatic carbocycles. The van der Waals surface area contributed by atoms with Gasteiger partial charge in [0.1, 0.15) is 17.4 Å². The first-order valence-electron chi connectivity index (χ1n) is 12.5. The van der Waals surface area contributed by atoms with Crippen LogP contribution in [0.15, 0.2) is 36.5 Å². The second kappa shape index (κ2) is 10.6. The molecule has 7 nitrogen and oxygen atoms in total. The van der Waals surface area contributed by atoms with Gasteiger partial charge < -0.3 is 14.8 Å². The fraction of sp³-hybridized carbons (Fsp3) is 0.444. The van der Waals surface area contributed by atoms with Crippen LogP contribution in [-0.2, 0) is 0 Å². The highest BCUT2D eigenvalue weighted by Crippen LogP contribution is 2.51. The number of hydrogen-bond donors (Lipinski definition) is 2. The summed E-state index contributed by atoms with van der Waals surface area (Å²) in [5, 5.41) is 13.2. The zero-order valence-corrected chi connectivity index (χ0v) is 21.5. The maximum absolute atomic E-state index is 14.8. The van der Waals surface area contributed by atoms with Crippen molar-refractivity contribution in [2.75, 3.05) is 31.4 Å². The van der Waals surface area contributed by atoms with Crippen LogP contribution in [0.4, 0.5) is 10.1 Å². The summed E-state index contributed by atoms with van der Waals surface area (Å²) in [7, 11) is 1.92. The van der Waals surface area contributed by atoms with Crippen molar-refractivity contribution in [3.63, 3.8) is 0 Å². The number of nitrogens with zero attached hydrogens (tertiary/aromatic N) is 4. The van der Waals surface area contributed by atoms with E-state index in [1.165, 1.54) is 37.5 Å². The normalized spacial score (nSPS) is 19.0. The molecule has 2 fully saturated rings. The molecule has 1 aliphatic carbocycles. The maximum Gasteiger partial charge on any atom is 0.182 e. The molecule has 0 bridgehead atoms. The SMILES string of the molecule is CCN(C)SNc1ccc(F)c(Oc2ccc3ncc(C4CCC5(CCNCC5)C4)nc3c2)c1C#N. The minimum Gasteiger partial charge on any atom is -0.453 e. The number of nitriles is 1. The van der Waals surface area contributed by atoms with Gasteiger partial charge >= 0.3 is 0 Å². The van der Waals surface area contributed by atoms with Crippen molar-refractivity contribution < 1.29 is 9.13 Å². The van der Waals surface area contributed by atoms with Crippen LogP contribution in [0.3, 0.4) is 0 Å². The van der Waals surface area contributed by atoms with E-state index in [9.17, 15) is 9.65 Å². The van der Waals surface area contributed by atoms with Crippen molar-refractivity contribution in [1.29, 1.82) is 5.26 Å². The zero-order chi connectivity index (χ0) is 25.1. The van der Waals surface area contributed by atoms with Crippen LogP contribution in [0.1, 0.15) is 56.2 Å². The van der Waals surface area contributed by atoms with E-state index >= 15 is 0 Å². The third-order valence-corrected chi connectivity index (χ3v) is 8.40. The quantitative estimate of drug-likeness (QED) is 0.378. The second-order valence-corrected chi connectivity index (χ2v) is 10.8. The molecule has 1 atom stereocenters. The highest BCUT2D eigenvalue weighted by Gasteiger charge is 2.40. The van der Waals surface area contributed by atoms with Gasteiger partial charge in [0.05, 0.1) is 22.4 Å². The first-order valence-corrected chi connectivity index (χ1v) is 13.3. The Hall–Kier alpha value is -2.93. The van der Waals surface area contributed by atoms with E-state index in [-0.39, 0.29) is 11.3 Å². The molecule has 9 heteroatoms. The van der Waals surface area contributed by atoms with E-state index < -0.39 is 5.82 Å². The van der Waals surface area contributed by atoms with E-state index in [0.717, 1.165) is 43.7 Å². The van der Waals surface area contributed by atoms with E-state index in [0.29, 0.717) is 28.3 Å². The number of ether oxygens (including phenoxy) is 1. The summed E-state index contributed by atoms with van der Waals surface area (Å²) in [5.41, 5.74) is 3.54. The summed E-state index contributed by atoms with van der Waals surface area (Å²) in [5.74, 6) is 0.133. The summed E-state index contributed by atoms with van der Waals surface area (Å²) >= 11 is 1.34. The fourth-order valence-electron chi connectivity index (χ4n) is 5.30. The lowest BCUT2D eigenvalue weighted by Gasteiger charge is -2.34. The Kier molecular flexibility index (Phi) is 7.28. The summed E-state index contributed by atoms with van der Waals surface area (Å²) in [6.45, 7) is 5.03. The molecule has 3 aromatic rings. The molecule has 1 aromatic heterocycles. The maximum atomic E-state index is 14.8. The summed E-state index contributed by atoms with van der Waals surface area (Å²) in [6.07, 6.45) is 7.91. The first-order chi connectivity index (χ1) is 17.5. The van der Waals surface area contributed by atoms with Crippen molar-refractivity contribution >= 4 is 28.9 Å². The Morgan fingerprint density at radius 1 is 1.25 bits per heavy atom. The van der Waals surface area contributed by atoms with E-state index in [1.54, 1.807) is 18.2 Å². The molecule has 1 saturated carbocycles. The number of anilines is 1. The lowest BCUT2D eigenvalue weighted by molar-refractivity contribution is 0.207. The summed E-state index contributed by atoms with van der Waals surface area (Å²) in [4.78, 5) is 9.59. The molecule has 1 spiro atoms. The van der Waals surface area contributed by atoms with Crippen LogP contribution in [0, 0.1) is 22.6 Å². The molecular weight excluding hydrogens is 475 g/mol. The number of rotatable bonds is 7. The van der Waals surface area contributed by atoms with Crippen molar-refractivity contribution in [1.82, 2.24) is 19.6 Å². The van der Waals surface area contributed by atoms with Crippen LogP contribution in [0.5, 0.6) is 11.5 Å².